The minimum absolute atomic E-state index is 0.330. The SMILES string of the molecule is COC(C)(C)c1ccc(-c2cc(-c3cn[nH]c3-c3cccc(C)n3)ccc2F)nc1. The van der Waals surface area contributed by atoms with Gasteiger partial charge < -0.3 is 4.74 Å². The van der Waals surface area contributed by atoms with Crippen LogP contribution in [0.2, 0.25) is 0 Å². The average Bonchev–Trinajstić information content (AvgIpc) is 3.24. The van der Waals surface area contributed by atoms with Crippen LogP contribution in [0.25, 0.3) is 33.8 Å². The molecular weight excluding hydrogens is 379 g/mol. The van der Waals surface area contributed by atoms with Crippen LogP contribution >= 0.6 is 0 Å². The van der Waals surface area contributed by atoms with Gasteiger partial charge in [-0.25, -0.2) is 4.39 Å². The van der Waals surface area contributed by atoms with Crippen LogP contribution < -0.4 is 0 Å². The lowest BCUT2D eigenvalue weighted by Crippen LogP contribution is -2.19. The van der Waals surface area contributed by atoms with Crippen molar-refractivity contribution in [1.82, 2.24) is 20.2 Å². The molecule has 3 aromatic heterocycles. The van der Waals surface area contributed by atoms with Gasteiger partial charge in [-0.3, -0.25) is 15.1 Å². The second-order valence-corrected chi connectivity index (χ2v) is 7.66. The Kier molecular flexibility index (Phi) is 5.18. The maximum Gasteiger partial charge on any atom is 0.132 e. The van der Waals surface area contributed by atoms with Crippen molar-refractivity contribution < 1.29 is 9.13 Å². The molecule has 0 aliphatic rings. The number of hydrogen-bond acceptors (Lipinski definition) is 4. The van der Waals surface area contributed by atoms with Gasteiger partial charge in [0.1, 0.15) is 5.82 Å². The molecule has 4 aromatic rings. The molecule has 0 saturated carbocycles. The van der Waals surface area contributed by atoms with Crippen LogP contribution in [0.4, 0.5) is 4.39 Å². The molecule has 1 aromatic carbocycles. The van der Waals surface area contributed by atoms with E-state index in [1.54, 1.807) is 31.6 Å². The third-order valence-electron chi connectivity index (χ3n) is 5.31. The fraction of sp³-hybridized carbons (Fsp3) is 0.208. The number of aromatic amines is 1. The first kappa shape index (κ1) is 19.9. The Morgan fingerprint density at radius 2 is 1.80 bits per heavy atom. The molecule has 0 radical (unpaired) electrons. The highest BCUT2D eigenvalue weighted by atomic mass is 19.1. The van der Waals surface area contributed by atoms with Gasteiger partial charge in [-0.2, -0.15) is 5.10 Å². The van der Waals surface area contributed by atoms with Crippen LogP contribution in [-0.4, -0.2) is 27.3 Å². The average molecular weight is 402 g/mol. The predicted molar refractivity (Wildman–Crippen MR) is 115 cm³/mol. The third kappa shape index (κ3) is 3.74. The summed E-state index contributed by atoms with van der Waals surface area (Å²) < 4.78 is 20.2. The van der Waals surface area contributed by atoms with Crippen molar-refractivity contribution in [3.05, 3.63) is 78.0 Å². The van der Waals surface area contributed by atoms with Crippen molar-refractivity contribution in [2.45, 2.75) is 26.4 Å². The zero-order valence-electron chi connectivity index (χ0n) is 17.4. The van der Waals surface area contributed by atoms with Crippen molar-refractivity contribution in [1.29, 1.82) is 0 Å². The van der Waals surface area contributed by atoms with Crippen LogP contribution in [0.1, 0.15) is 25.1 Å². The summed E-state index contributed by atoms with van der Waals surface area (Å²) in [6.45, 7) is 5.87. The molecule has 5 nitrogen and oxygen atoms in total. The van der Waals surface area contributed by atoms with E-state index in [-0.39, 0.29) is 5.82 Å². The molecule has 0 aliphatic heterocycles. The molecule has 0 unspecified atom stereocenters. The van der Waals surface area contributed by atoms with Crippen molar-refractivity contribution >= 4 is 0 Å². The van der Waals surface area contributed by atoms with Gasteiger partial charge in [-0.1, -0.05) is 18.2 Å². The first-order valence-electron chi connectivity index (χ1n) is 9.68. The summed E-state index contributed by atoms with van der Waals surface area (Å²) in [7, 11) is 1.66. The van der Waals surface area contributed by atoms with Crippen molar-refractivity contribution in [2.75, 3.05) is 7.11 Å². The molecule has 6 heteroatoms. The molecule has 0 fully saturated rings. The molecular formula is C24H23FN4O. The molecule has 0 amide bonds. The monoisotopic (exact) mass is 402 g/mol. The zero-order valence-corrected chi connectivity index (χ0v) is 17.4. The number of benzene rings is 1. The summed E-state index contributed by atoms with van der Waals surface area (Å²) in [4.78, 5) is 9.05. The molecule has 0 bridgehead atoms. The lowest BCUT2D eigenvalue weighted by Gasteiger charge is -2.23. The summed E-state index contributed by atoms with van der Waals surface area (Å²) in [5.41, 5.74) is 5.64. The number of pyridine rings is 2. The first-order chi connectivity index (χ1) is 14.4. The number of ether oxygens (including phenoxy) is 1. The molecule has 3 heterocycles. The quantitative estimate of drug-likeness (QED) is 0.477. The van der Waals surface area contributed by atoms with Crippen LogP contribution in [0.3, 0.4) is 0 Å². The van der Waals surface area contributed by atoms with Gasteiger partial charge in [0.15, 0.2) is 0 Å². The zero-order chi connectivity index (χ0) is 21.3. The Morgan fingerprint density at radius 3 is 2.50 bits per heavy atom. The Balaban J connectivity index is 1.75. The van der Waals surface area contributed by atoms with Gasteiger partial charge in [0, 0.05) is 35.7 Å². The van der Waals surface area contributed by atoms with E-state index in [0.717, 1.165) is 33.8 Å². The molecule has 0 spiro atoms. The van der Waals surface area contributed by atoms with Crippen LogP contribution in [0, 0.1) is 12.7 Å². The van der Waals surface area contributed by atoms with Crippen molar-refractivity contribution in [3.63, 3.8) is 0 Å². The molecule has 0 atom stereocenters. The van der Waals surface area contributed by atoms with Crippen LogP contribution in [0.15, 0.2) is 60.9 Å². The summed E-state index contributed by atoms with van der Waals surface area (Å²) in [6, 6.07) is 14.5. The fourth-order valence-electron chi connectivity index (χ4n) is 3.30. The Hall–Kier alpha value is -3.38. The van der Waals surface area contributed by atoms with E-state index in [0.29, 0.717) is 11.3 Å². The van der Waals surface area contributed by atoms with Gasteiger partial charge in [-0.15, -0.1) is 0 Å². The third-order valence-corrected chi connectivity index (χ3v) is 5.31. The number of aromatic nitrogens is 4. The number of nitrogens with zero attached hydrogens (tertiary/aromatic N) is 3. The summed E-state index contributed by atoms with van der Waals surface area (Å²) in [6.07, 6.45) is 3.46. The Morgan fingerprint density at radius 1 is 0.967 bits per heavy atom. The molecule has 0 aliphatic carbocycles. The fourth-order valence-corrected chi connectivity index (χ4v) is 3.30. The molecule has 30 heavy (non-hydrogen) atoms. The number of halogens is 1. The van der Waals surface area contributed by atoms with Crippen molar-refractivity contribution in [2.24, 2.45) is 0 Å². The Labute approximate surface area is 175 Å². The number of rotatable bonds is 5. The maximum absolute atomic E-state index is 14.7. The normalized spacial score (nSPS) is 11.6. The van der Waals surface area contributed by atoms with E-state index >= 15 is 0 Å². The highest BCUT2D eigenvalue weighted by molar-refractivity contribution is 5.81. The van der Waals surface area contributed by atoms with Gasteiger partial charge in [0.2, 0.25) is 0 Å². The smallest absolute Gasteiger partial charge is 0.132 e. The number of aryl methyl sites for hydroxylation is 1. The van der Waals surface area contributed by atoms with Gasteiger partial charge in [0.25, 0.3) is 0 Å². The summed E-state index contributed by atoms with van der Waals surface area (Å²) in [5.74, 6) is -0.330. The number of H-pyrrole nitrogens is 1. The second-order valence-electron chi connectivity index (χ2n) is 7.66. The van der Waals surface area contributed by atoms with E-state index in [4.69, 9.17) is 4.74 Å². The van der Waals surface area contributed by atoms with E-state index in [1.807, 2.05) is 51.1 Å². The molecule has 152 valence electrons. The van der Waals surface area contributed by atoms with Crippen LogP contribution in [-0.2, 0) is 10.3 Å². The second kappa shape index (κ2) is 7.80. The topological polar surface area (TPSA) is 63.7 Å². The number of hydrogen-bond donors (Lipinski definition) is 1. The van der Waals surface area contributed by atoms with Gasteiger partial charge in [-0.05, 0) is 56.7 Å². The molecule has 1 N–H and O–H groups in total. The lowest BCUT2D eigenvalue weighted by atomic mass is 9.97. The van der Waals surface area contributed by atoms with E-state index in [9.17, 15) is 4.39 Å². The summed E-state index contributed by atoms with van der Waals surface area (Å²) >= 11 is 0. The summed E-state index contributed by atoms with van der Waals surface area (Å²) in [5, 5.41) is 7.21. The van der Waals surface area contributed by atoms with E-state index < -0.39 is 5.60 Å². The largest absolute Gasteiger partial charge is 0.374 e. The molecule has 4 rings (SSSR count). The minimum atomic E-state index is -0.460. The number of methoxy groups -OCH3 is 1. The minimum Gasteiger partial charge on any atom is -0.374 e. The van der Waals surface area contributed by atoms with Gasteiger partial charge >= 0.3 is 0 Å². The standard InChI is InChI=1S/C24H23FN4O/c1-15-6-5-7-22(28-15)23-19(14-27-29-23)16-8-10-20(25)18(12-16)21-11-9-17(13-26-21)24(2,3)30-4/h5-14H,1-4H3,(H,27,29). The van der Waals surface area contributed by atoms with E-state index in [2.05, 4.69) is 20.2 Å². The van der Waals surface area contributed by atoms with Gasteiger partial charge in [0.05, 0.1) is 28.9 Å². The highest BCUT2D eigenvalue weighted by Gasteiger charge is 2.20. The number of nitrogens with one attached hydrogen (secondary N) is 1. The highest BCUT2D eigenvalue weighted by Crippen LogP contribution is 2.33. The molecule has 0 saturated heterocycles. The maximum atomic E-state index is 14.7. The van der Waals surface area contributed by atoms with Crippen molar-refractivity contribution in [3.8, 4) is 33.8 Å². The Bertz CT molecular complexity index is 1180. The van der Waals surface area contributed by atoms with Crippen LogP contribution in [0.5, 0.6) is 0 Å². The van der Waals surface area contributed by atoms with E-state index in [1.165, 1.54) is 6.07 Å². The lowest BCUT2D eigenvalue weighted by molar-refractivity contribution is 0.0189. The first-order valence-corrected chi connectivity index (χ1v) is 9.68. The predicted octanol–water partition coefficient (Wildman–Crippen LogP) is 5.53.